The van der Waals surface area contributed by atoms with Gasteiger partial charge in [-0.2, -0.15) is 0 Å². The molecule has 172 valence electrons. The molecule has 1 aromatic rings. The van der Waals surface area contributed by atoms with Crippen molar-refractivity contribution in [1.82, 2.24) is 15.5 Å². The number of phenols is 1. The topological polar surface area (TPSA) is 108 Å². The predicted octanol–water partition coefficient (Wildman–Crippen LogP) is 3.03. The molecule has 0 bridgehead atoms. The summed E-state index contributed by atoms with van der Waals surface area (Å²) in [4.78, 5) is 40.0. The van der Waals surface area contributed by atoms with E-state index in [0.29, 0.717) is 11.1 Å². The molecule has 0 spiro atoms. The molecule has 1 fully saturated rings. The average Bonchev–Trinajstić information content (AvgIpc) is 3.34. The summed E-state index contributed by atoms with van der Waals surface area (Å²) in [6.45, 7) is 12.3. The molecular weight excluding hydrogens is 398 g/mol. The normalized spacial score (nSPS) is 18.8. The van der Waals surface area contributed by atoms with E-state index in [9.17, 15) is 19.5 Å². The van der Waals surface area contributed by atoms with Gasteiger partial charge in [0.05, 0.1) is 0 Å². The quantitative estimate of drug-likeness (QED) is 0.613. The summed E-state index contributed by atoms with van der Waals surface area (Å²) >= 11 is 0. The monoisotopic (exact) mass is 433 g/mol. The molecule has 0 heterocycles. The molecule has 3 N–H and O–H groups in total. The third-order valence-electron chi connectivity index (χ3n) is 5.02. The smallest absolute Gasteiger partial charge is 0.408 e. The first-order valence-corrected chi connectivity index (χ1v) is 10.7. The summed E-state index contributed by atoms with van der Waals surface area (Å²) in [5.74, 6) is -0.588. The van der Waals surface area contributed by atoms with Crippen molar-refractivity contribution in [3.63, 3.8) is 0 Å². The Labute approximate surface area is 184 Å². The fraction of sp³-hybridized carbons (Fsp3) is 0.609. The molecule has 0 aliphatic heterocycles. The first-order chi connectivity index (χ1) is 14.3. The summed E-state index contributed by atoms with van der Waals surface area (Å²) in [6.07, 6.45) is 0.0437. The summed E-state index contributed by atoms with van der Waals surface area (Å²) < 4.78 is 5.21. The minimum Gasteiger partial charge on any atom is -0.507 e. The molecule has 3 amide bonds. The number of nitrogens with zero attached hydrogens (tertiary/aromatic N) is 1. The Hall–Kier alpha value is -2.77. The number of phenolic OH excluding ortho intramolecular Hbond substituents is 1. The summed E-state index contributed by atoms with van der Waals surface area (Å²) in [7, 11) is 0. The van der Waals surface area contributed by atoms with Gasteiger partial charge in [-0.1, -0.05) is 25.1 Å². The van der Waals surface area contributed by atoms with Gasteiger partial charge in [-0.3, -0.25) is 9.59 Å². The molecule has 0 saturated heterocycles. The van der Waals surface area contributed by atoms with Crippen LogP contribution in [0.25, 0.3) is 0 Å². The van der Waals surface area contributed by atoms with Crippen molar-refractivity contribution in [1.29, 1.82) is 0 Å². The highest BCUT2D eigenvalue weighted by molar-refractivity contribution is 5.91. The number of aryl methyl sites for hydroxylation is 1. The van der Waals surface area contributed by atoms with Crippen molar-refractivity contribution < 1.29 is 24.2 Å². The number of hydrogen-bond donors (Lipinski definition) is 3. The number of carbonyl (C=O) groups excluding carboxylic acids is 3. The number of alkyl carbamates (subject to hydrolysis) is 1. The van der Waals surface area contributed by atoms with Gasteiger partial charge in [-0.15, -0.1) is 0 Å². The summed E-state index contributed by atoms with van der Waals surface area (Å²) in [5, 5.41) is 16.0. The van der Waals surface area contributed by atoms with Gasteiger partial charge in [0, 0.05) is 17.6 Å². The Kier molecular flexibility index (Phi) is 7.57. The lowest BCUT2D eigenvalue weighted by molar-refractivity contribution is -0.141. The molecule has 3 atom stereocenters. The third kappa shape index (κ3) is 6.60. The molecule has 1 aliphatic rings. The van der Waals surface area contributed by atoms with E-state index < -0.39 is 23.6 Å². The minimum atomic E-state index is -1.01. The highest BCUT2D eigenvalue weighted by Gasteiger charge is 2.47. The van der Waals surface area contributed by atoms with Gasteiger partial charge < -0.3 is 25.4 Å². The second-order valence-corrected chi connectivity index (χ2v) is 9.52. The van der Waals surface area contributed by atoms with Crippen LogP contribution in [0.4, 0.5) is 4.79 Å². The number of ether oxygens (including phenoxy) is 1. The maximum Gasteiger partial charge on any atom is 0.408 e. The number of amides is 3. The van der Waals surface area contributed by atoms with Crippen LogP contribution in [0.15, 0.2) is 18.2 Å². The van der Waals surface area contributed by atoms with Crippen LogP contribution in [-0.4, -0.2) is 52.1 Å². The van der Waals surface area contributed by atoms with Gasteiger partial charge in [-0.25, -0.2) is 4.79 Å². The third-order valence-corrected chi connectivity index (χ3v) is 5.02. The number of nitrogens with one attached hydrogen (secondary N) is 2. The molecular formula is C23H35N3O5. The fourth-order valence-corrected chi connectivity index (χ4v) is 3.45. The van der Waals surface area contributed by atoms with Crippen LogP contribution < -0.4 is 10.6 Å². The SMILES string of the molecule is Cc1cccc(C(C(=O)NC(C)C)N(C(=O)CNC(=O)OC(C)(C)C)C2CC2C)c1O. The van der Waals surface area contributed by atoms with Crippen LogP contribution in [-0.2, 0) is 14.3 Å². The zero-order valence-corrected chi connectivity index (χ0v) is 19.5. The minimum absolute atomic E-state index is 0.0161. The number of carbonyl (C=O) groups is 3. The van der Waals surface area contributed by atoms with Gasteiger partial charge >= 0.3 is 6.09 Å². The van der Waals surface area contributed by atoms with E-state index in [1.165, 1.54) is 4.90 Å². The van der Waals surface area contributed by atoms with E-state index in [4.69, 9.17) is 4.74 Å². The van der Waals surface area contributed by atoms with Gasteiger partial charge in [0.15, 0.2) is 0 Å². The van der Waals surface area contributed by atoms with E-state index in [1.54, 1.807) is 45.9 Å². The fourth-order valence-electron chi connectivity index (χ4n) is 3.45. The zero-order valence-electron chi connectivity index (χ0n) is 19.5. The van der Waals surface area contributed by atoms with Gasteiger partial charge in [0.1, 0.15) is 23.9 Å². The molecule has 1 saturated carbocycles. The van der Waals surface area contributed by atoms with Crippen LogP contribution in [0, 0.1) is 12.8 Å². The average molecular weight is 434 g/mol. The van der Waals surface area contributed by atoms with E-state index >= 15 is 0 Å². The van der Waals surface area contributed by atoms with Crippen LogP contribution in [0.5, 0.6) is 5.75 Å². The molecule has 31 heavy (non-hydrogen) atoms. The summed E-state index contributed by atoms with van der Waals surface area (Å²) in [6, 6.07) is 3.84. The highest BCUT2D eigenvalue weighted by Crippen LogP contribution is 2.42. The number of rotatable bonds is 7. The molecule has 0 aromatic heterocycles. The van der Waals surface area contributed by atoms with E-state index in [-0.39, 0.29) is 36.2 Å². The number of benzene rings is 1. The molecule has 1 aliphatic carbocycles. The highest BCUT2D eigenvalue weighted by atomic mass is 16.6. The van der Waals surface area contributed by atoms with Crippen molar-refractivity contribution in [2.75, 3.05) is 6.54 Å². The van der Waals surface area contributed by atoms with Gasteiger partial charge in [0.25, 0.3) is 0 Å². The maximum atomic E-state index is 13.2. The van der Waals surface area contributed by atoms with E-state index in [2.05, 4.69) is 10.6 Å². The standard InChI is InChI=1S/C23H35N3O5/c1-13(2)25-21(29)19(16-10-8-9-14(3)20(16)28)26(17-11-15(17)4)18(27)12-24-22(30)31-23(5,6)7/h8-10,13,15,17,19,28H,11-12H2,1-7H3,(H,24,30)(H,25,29). The first-order valence-electron chi connectivity index (χ1n) is 10.7. The Balaban J connectivity index is 2.35. The molecule has 0 radical (unpaired) electrons. The Morgan fingerprint density at radius 3 is 2.39 bits per heavy atom. The Bertz CT molecular complexity index is 831. The number of hydrogen-bond acceptors (Lipinski definition) is 5. The van der Waals surface area contributed by atoms with E-state index in [0.717, 1.165) is 6.42 Å². The Morgan fingerprint density at radius 1 is 1.26 bits per heavy atom. The van der Waals surface area contributed by atoms with Crippen molar-refractivity contribution in [2.24, 2.45) is 5.92 Å². The first kappa shape index (κ1) is 24.5. The molecule has 8 nitrogen and oxygen atoms in total. The molecule has 8 heteroatoms. The lowest BCUT2D eigenvalue weighted by Crippen LogP contribution is -2.50. The van der Waals surface area contributed by atoms with Crippen LogP contribution >= 0.6 is 0 Å². The van der Waals surface area contributed by atoms with Crippen LogP contribution in [0.2, 0.25) is 0 Å². The van der Waals surface area contributed by atoms with Crippen molar-refractivity contribution >= 4 is 17.9 Å². The predicted molar refractivity (Wildman–Crippen MR) is 118 cm³/mol. The second-order valence-electron chi connectivity index (χ2n) is 9.52. The van der Waals surface area contributed by atoms with Crippen molar-refractivity contribution in [2.45, 2.75) is 78.6 Å². The number of para-hydroxylation sites is 1. The van der Waals surface area contributed by atoms with E-state index in [1.807, 2.05) is 20.8 Å². The number of aromatic hydroxyl groups is 1. The zero-order chi connectivity index (χ0) is 23.5. The second kappa shape index (κ2) is 9.58. The Morgan fingerprint density at radius 2 is 1.87 bits per heavy atom. The summed E-state index contributed by atoms with van der Waals surface area (Å²) in [5.41, 5.74) is 0.288. The maximum absolute atomic E-state index is 13.2. The lowest BCUT2D eigenvalue weighted by atomic mass is 9.99. The molecule has 2 rings (SSSR count). The van der Waals surface area contributed by atoms with Crippen molar-refractivity contribution in [3.8, 4) is 5.75 Å². The van der Waals surface area contributed by atoms with Crippen molar-refractivity contribution in [3.05, 3.63) is 29.3 Å². The molecule has 1 aromatic carbocycles. The lowest BCUT2D eigenvalue weighted by Gasteiger charge is -2.33. The largest absolute Gasteiger partial charge is 0.507 e. The van der Waals surface area contributed by atoms with Gasteiger partial charge in [-0.05, 0) is 59.4 Å². The van der Waals surface area contributed by atoms with Crippen LogP contribution in [0.3, 0.4) is 0 Å². The van der Waals surface area contributed by atoms with Gasteiger partial charge in [0.2, 0.25) is 11.8 Å². The molecule has 3 unspecified atom stereocenters. The van der Waals surface area contributed by atoms with Crippen LogP contribution in [0.1, 0.15) is 65.1 Å².